The Balaban J connectivity index is 1.46. The molecule has 3 heterocycles. The highest BCUT2D eigenvalue weighted by Gasteiger charge is 2.26. The number of hydrogen-bond acceptors (Lipinski definition) is 4. The van der Waals surface area contributed by atoms with Crippen LogP contribution >= 0.6 is 0 Å². The largest absolute Gasteiger partial charge is 0.384 e. The molecule has 26 heavy (non-hydrogen) atoms. The van der Waals surface area contributed by atoms with Crippen molar-refractivity contribution in [2.24, 2.45) is 11.7 Å². The smallest absolute Gasteiger partial charge is 0.225 e. The SMILES string of the molecule is NC[C@H](Cc1ccccc1)NC(=O)C1CNc2ccnc3[nH]cc(c23)C1. The van der Waals surface area contributed by atoms with E-state index < -0.39 is 0 Å². The maximum atomic E-state index is 12.9. The fraction of sp³-hybridized carbons (Fsp3) is 0.300. The Morgan fingerprint density at radius 3 is 2.96 bits per heavy atom. The second-order valence-corrected chi connectivity index (χ2v) is 6.81. The van der Waals surface area contributed by atoms with E-state index in [0.29, 0.717) is 19.5 Å². The minimum atomic E-state index is -0.147. The van der Waals surface area contributed by atoms with Crippen LogP contribution in [0.4, 0.5) is 5.69 Å². The molecule has 2 aromatic heterocycles. The summed E-state index contributed by atoms with van der Waals surface area (Å²) < 4.78 is 0. The molecule has 0 fully saturated rings. The van der Waals surface area contributed by atoms with Crippen molar-refractivity contribution >= 4 is 22.6 Å². The van der Waals surface area contributed by atoms with Gasteiger partial charge in [0, 0.05) is 42.6 Å². The van der Waals surface area contributed by atoms with E-state index in [1.807, 2.05) is 30.5 Å². The second-order valence-electron chi connectivity index (χ2n) is 6.81. The normalized spacial score (nSPS) is 17.3. The molecule has 4 rings (SSSR count). The fourth-order valence-corrected chi connectivity index (χ4v) is 3.60. The molecule has 0 aliphatic carbocycles. The van der Waals surface area contributed by atoms with E-state index in [1.165, 1.54) is 5.56 Å². The third-order valence-corrected chi connectivity index (χ3v) is 4.99. The van der Waals surface area contributed by atoms with Gasteiger partial charge in [-0.2, -0.15) is 0 Å². The van der Waals surface area contributed by atoms with Crippen LogP contribution in [0, 0.1) is 5.92 Å². The van der Waals surface area contributed by atoms with Crippen LogP contribution in [-0.4, -0.2) is 35.0 Å². The highest BCUT2D eigenvalue weighted by molar-refractivity contribution is 5.94. The van der Waals surface area contributed by atoms with Gasteiger partial charge in [-0.3, -0.25) is 4.79 Å². The number of carbonyl (C=O) groups is 1. The van der Waals surface area contributed by atoms with Crippen LogP contribution in [0.3, 0.4) is 0 Å². The Bertz CT molecular complexity index is 905. The number of aromatic nitrogens is 2. The molecular weight excluding hydrogens is 326 g/mol. The number of rotatable bonds is 5. The Morgan fingerprint density at radius 2 is 2.15 bits per heavy atom. The van der Waals surface area contributed by atoms with Gasteiger partial charge < -0.3 is 21.4 Å². The van der Waals surface area contributed by atoms with E-state index in [4.69, 9.17) is 5.73 Å². The van der Waals surface area contributed by atoms with Gasteiger partial charge in [0.1, 0.15) is 5.65 Å². The van der Waals surface area contributed by atoms with Crippen LogP contribution in [0.1, 0.15) is 11.1 Å². The van der Waals surface area contributed by atoms with Crippen LogP contribution in [0.15, 0.2) is 48.8 Å². The lowest BCUT2D eigenvalue weighted by atomic mass is 9.98. The molecule has 6 heteroatoms. The molecule has 0 bridgehead atoms. The summed E-state index contributed by atoms with van der Waals surface area (Å²) in [6, 6.07) is 12.0. The van der Waals surface area contributed by atoms with Crippen molar-refractivity contribution in [2.45, 2.75) is 18.9 Å². The van der Waals surface area contributed by atoms with Crippen LogP contribution in [0.25, 0.3) is 11.0 Å². The van der Waals surface area contributed by atoms with Crippen molar-refractivity contribution in [1.29, 1.82) is 0 Å². The highest BCUT2D eigenvalue weighted by atomic mass is 16.2. The summed E-state index contributed by atoms with van der Waals surface area (Å²) in [5, 5.41) is 7.61. The van der Waals surface area contributed by atoms with Crippen molar-refractivity contribution in [1.82, 2.24) is 15.3 Å². The van der Waals surface area contributed by atoms with Gasteiger partial charge in [0.2, 0.25) is 5.91 Å². The first-order chi connectivity index (χ1) is 12.7. The molecule has 1 aliphatic rings. The molecule has 2 atom stereocenters. The molecule has 0 spiro atoms. The summed E-state index contributed by atoms with van der Waals surface area (Å²) in [4.78, 5) is 20.4. The molecule has 3 aromatic rings. The minimum Gasteiger partial charge on any atom is -0.384 e. The number of nitrogens with zero attached hydrogens (tertiary/aromatic N) is 1. The van der Waals surface area contributed by atoms with E-state index in [2.05, 4.69) is 32.7 Å². The number of carbonyl (C=O) groups excluding carboxylic acids is 1. The van der Waals surface area contributed by atoms with E-state index in [9.17, 15) is 4.79 Å². The Labute approximate surface area is 152 Å². The molecule has 1 aliphatic heterocycles. The standard InChI is InChI=1S/C20H23N5O/c21-10-16(8-13-4-2-1-3-5-13)25-20(26)15-9-14-11-24-19-18(14)17(23-12-15)6-7-22-19/h1-7,11,15-16,23H,8-10,12,21H2,(H,22,24)(H,25,26)/t15?,16-/m0/s1. The third kappa shape index (κ3) is 3.28. The summed E-state index contributed by atoms with van der Waals surface area (Å²) in [7, 11) is 0. The summed E-state index contributed by atoms with van der Waals surface area (Å²) in [5.74, 6) is -0.106. The molecule has 6 nitrogen and oxygen atoms in total. The number of amides is 1. The van der Waals surface area contributed by atoms with E-state index >= 15 is 0 Å². The first-order valence-electron chi connectivity index (χ1n) is 8.98. The molecular formula is C20H23N5O. The van der Waals surface area contributed by atoms with Gasteiger partial charge in [-0.1, -0.05) is 30.3 Å². The van der Waals surface area contributed by atoms with Gasteiger partial charge in [-0.05, 0) is 30.0 Å². The van der Waals surface area contributed by atoms with Crippen molar-refractivity contribution in [3.8, 4) is 0 Å². The molecule has 1 amide bonds. The molecule has 1 unspecified atom stereocenters. The molecule has 0 saturated heterocycles. The zero-order chi connectivity index (χ0) is 17.9. The topological polar surface area (TPSA) is 95.8 Å². The first-order valence-corrected chi connectivity index (χ1v) is 8.98. The quantitative estimate of drug-likeness (QED) is 0.565. The molecule has 5 N–H and O–H groups in total. The number of aromatic amines is 1. The van der Waals surface area contributed by atoms with Crippen LogP contribution in [0.5, 0.6) is 0 Å². The maximum absolute atomic E-state index is 12.9. The zero-order valence-corrected chi connectivity index (χ0v) is 14.5. The highest BCUT2D eigenvalue weighted by Crippen LogP contribution is 2.30. The van der Waals surface area contributed by atoms with Gasteiger partial charge in [-0.25, -0.2) is 4.98 Å². The van der Waals surface area contributed by atoms with Gasteiger partial charge >= 0.3 is 0 Å². The van der Waals surface area contributed by atoms with Crippen LogP contribution in [0.2, 0.25) is 0 Å². The lowest BCUT2D eigenvalue weighted by molar-refractivity contribution is -0.125. The average Bonchev–Trinajstić information content (AvgIpc) is 2.98. The maximum Gasteiger partial charge on any atom is 0.225 e. The minimum absolute atomic E-state index is 0.0407. The van der Waals surface area contributed by atoms with Crippen LogP contribution in [-0.2, 0) is 17.6 Å². The Kier molecular flexibility index (Phi) is 4.58. The van der Waals surface area contributed by atoms with Crippen molar-refractivity contribution in [3.63, 3.8) is 0 Å². The number of nitrogens with one attached hydrogen (secondary N) is 3. The summed E-state index contributed by atoms with van der Waals surface area (Å²) in [6.45, 7) is 1.02. The molecule has 134 valence electrons. The second kappa shape index (κ2) is 7.17. The van der Waals surface area contributed by atoms with Gasteiger partial charge in [-0.15, -0.1) is 0 Å². The number of nitrogens with two attached hydrogens (primary N) is 1. The molecule has 1 aromatic carbocycles. The Morgan fingerprint density at radius 1 is 1.31 bits per heavy atom. The van der Waals surface area contributed by atoms with Crippen molar-refractivity contribution < 1.29 is 4.79 Å². The average molecular weight is 349 g/mol. The number of hydrogen-bond donors (Lipinski definition) is 4. The third-order valence-electron chi connectivity index (χ3n) is 4.99. The number of pyridine rings is 1. The predicted molar refractivity (Wildman–Crippen MR) is 103 cm³/mol. The number of benzene rings is 1. The van der Waals surface area contributed by atoms with E-state index in [0.717, 1.165) is 28.7 Å². The summed E-state index contributed by atoms with van der Waals surface area (Å²) in [5.41, 5.74) is 10.1. The monoisotopic (exact) mass is 349 g/mol. The number of anilines is 1. The van der Waals surface area contributed by atoms with Gasteiger partial charge in [0.25, 0.3) is 0 Å². The fourth-order valence-electron chi connectivity index (χ4n) is 3.60. The zero-order valence-electron chi connectivity index (χ0n) is 14.5. The van der Waals surface area contributed by atoms with Gasteiger partial charge in [0.05, 0.1) is 5.92 Å². The van der Waals surface area contributed by atoms with Crippen molar-refractivity contribution in [3.05, 3.63) is 59.9 Å². The molecule has 0 radical (unpaired) electrons. The lowest BCUT2D eigenvalue weighted by Crippen LogP contribution is -2.46. The van der Waals surface area contributed by atoms with Gasteiger partial charge in [0.15, 0.2) is 0 Å². The first kappa shape index (κ1) is 16.6. The van der Waals surface area contributed by atoms with E-state index in [1.54, 1.807) is 6.20 Å². The number of H-pyrrole nitrogens is 1. The van der Waals surface area contributed by atoms with E-state index in [-0.39, 0.29) is 17.9 Å². The van der Waals surface area contributed by atoms with Crippen molar-refractivity contribution in [2.75, 3.05) is 18.4 Å². The predicted octanol–water partition coefficient (Wildman–Crippen LogP) is 1.83. The molecule has 0 saturated carbocycles. The lowest BCUT2D eigenvalue weighted by Gasteiger charge is -2.21. The summed E-state index contributed by atoms with van der Waals surface area (Å²) >= 11 is 0. The van der Waals surface area contributed by atoms with Crippen LogP contribution < -0.4 is 16.4 Å². The summed E-state index contributed by atoms with van der Waals surface area (Å²) in [6.07, 6.45) is 5.15. The Hall–Kier alpha value is -2.86.